The van der Waals surface area contributed by atoms with Crippen LogP contribution in [0.25, 0.3) is 0 Å². The predicted octanol–water partition coefficient (Wildman–Crippen LogP) is 4.84. The van der Waals surface area contributed by atoms with E-state index in [1.54, 1.807) is 25.6 Å². The monoisotopic (exact) mass is 395 g/mol. The number of amides is 1. The zero-order valence-electron chi connectivity index (χ0n) is 18.0. The Morgan fingerprint density at radius 3 is 2.41 bits per heavy atom. The van der Waals surface area contributed by atoms with E-state index in [1.807, 2.05) is 56.9 Å². The van der Waals surface area contributed by atoms with Gasteiger partial charge in [-0.3, -0.25) is 4.79 Å². The lowest BCUT2D eigenvalue weighted by molar-refractivity contribution is -0.126. The summed E-state index contributed by atoms with van der Waals surface area (Å²) in [4.78, 5) is 18.5. The van der Waals surface area contributed by atoms with Crippen molar-refractivity contribution in [3.63, 3.8) is 0 Å². The minimum atomic E-state index is 0.0642. The molecule has 0 aromatic carbocycles. The Morgan fingerprint density at radius 1 is 1.30 bits per heavy atom. The molecule has 1 heterocycles. The van der Waals surface area contributed by atoms with Crippen LogP contribution in [-0.2, 0) is 4.79 Å². The number of pyridine rings is 1. The first kappa shape index (κ1) is 27.3. The van der Waals surface area contributed by atoms with Crippen LogP contribution in [-0.4, -0.2) is 48.8 Å². The van der Waals surface area contributed by atoms with Crippen molar-refractivity contribution in [1.82, 2.24) is 9.88 Å². The van der Waals surface area contributed by atoms with Crippen LogP contribution in [0.3, 0.4) is 0 Å². The third-order valence-corrected chi connectivity index (χ3v) is 3.42. The lowest BCUT2D eigenvalue weighted by Gasteiger charge is -2.22. The molecule has 0 saturated carbocycles. The van der Waals surface area contributed by atoms with Gasteiger partial charge in [0.25, 0.3) is 5.91 Å². The van der Waals surface area contributed by atoms with Crippen LogP contribution in [0.4, 0.5) is 5.69 Å². The zero-order chi connectivity index (χ0) is 21.1. The van der Waals surface area contributed by atoms with E-state index < -0.39 is 0 Å². The number of rotatable bonds is 9. The van der Waals surface area contributed by atoms with E-state index in [9.17, 15) is 4.79 Å². The summed E-state index contributed by atoms with van der Waals surface area (Å²) in [5.41, 5.74) is 1.64. The van der Waals surface area contributed by atoms with E-state index in [0.29, 0.717) is 25.5 Å². The average Bonchev–Trinajstić information content (AvgIpc) is 2.75. The maximum atomic E-state index is 12.5. The van der Waals surface area contributed by atoms with Gasteiger partial charge in [-0.25, -0.2) is 4.98 Å². The summed E-state index contributed by atoms with van der Waals surface area (Å²) >= 11 is 3.53. The lowest BCUT2D eigenvalue weighted by Crippen LogP contribution is -2.35. The first-order valence-electron chi connectivity index (χ1n) is 9.46. The molecule has 1 N–H and O–H groups in total. The Hall–Kier alpha value is -1.95. The molecule has 154 valence electrons. The number of ether oxygens (including phenoxy) is 1. The second kappa shape index (κ2) is 18.8. The van der Waals surface area contributed by atoms with E-state index in [2.05, 4.69) is 29.9 Å². The van der Waals surface area contributed by atoms with Crippen molar-refractivity contribution < 1.29 is 9.53 Å². The van der Waals surface area contributed by atoms with Crippen molar-refractivity contribution >= 4 is 24.2 Å². The third kappa shape index (κ3) is 11.4. The minimum absolute atomic E-state index is 0.0642. The summed E-state index contributed by atoms with van der Waals surface area (Å²) in [5, 5.41) is 3.27. The van der Waals surface area contributed by atoms with E-state index in [0.717, 1.165) is 17.7 Å². The van der Waals surface area contributed by atoms with Crippen molar-refractivity contribution in [3.8, 4) is 5.88 Å². The number of hydrogen-bond donors (Lipinski definition) is 2. The van der Waals surface area contributed by atoms with Crippen LogP contribution in [0.1, 0.15) is 41.0 Å². The number of nitrogens with one attached hydrogen (secondary N) is 1. The summed E-state index contributed by atoms with van der Waals surface area (Å²) < 4.78 is 5.03. The molecule has 1 aromatic heterocycles. The summed E-state index contributed by atoms with van der Waals surface area (Å²) in [6, 6.07) is 3.71. The topological polar surface area (TPSA) is 54.5 Å². The predicted molar refractivity (Wildman–Crippen MR) is 121 cm³/mol. The van der Waals surface area contributed by atoms with Crippen LogP contribution in [0.2, 0.25) is 0 Å². The average molecular weight is 396 g/mol. The molecule has 1 aromatic rings. The number of carbonyl (C=O) groups is 1. The molecule has 0 fully saturated rings. The number of anilines is 1. The maximum Gasteiger partial charge on any atom is 0.253 e. The second-order valence-electron chi connectivity index (χ2n) is 4.96. The van der Waals surface area contributed by atoms with Gasteiger partial charge in [-0.15, -0.1) is 0 Å². The number of aromatic nitrogens is 1. The van der Waals surface area contributed by atoms with Gasteiger partial charge in [-0.1, -0.05) is 39.0 Å². The van der Waals surface area contributed by atoms with Crippen molar-refractivity contribution in [3.05, 3.63) is 42.1 Å². The standard InChI is InChI=1S/C18H27N3O2.C2H6.CH4S/c1-5-8-9-15(6-2)18(22)21(7-3)13-12-19-16-10-11-17(23-4)20-14-16;2*1-2/h6,8-11,14,19H,5,7,12-13H2,1-4H3;1-2H3;2H,1H3/b9-8-,15-6+;;. The SMILES string of the molecule is C/C=C(\C=C/CC)C(=O)N(CC)CCNc1ccc(OC)nc1.CC.CS. The van der Waals surface area contributed by atoms with Gasteiger partial charge in [-0.2, -0.15) is 12.6 Å². The van der Waals surface area contributed by atoms with Gasteiger partial charge in [0.05, 0.1) is 19.0 Å². The maximum absolute atomic E-state index is 12.5. The molecule has 0 aliphatic carbocycles. The Morgan fingerprint density at radius 2 is 1.96 bits per heavy atom. The largest absolute Gasteiger partial charge is 0.481 e. The Balaban J connectivity index is 0. The Kier molecular flexibility index (Phi) is 19.0. The second-order valence-corrected chi connectivity index (χ2v) is 4.96. The van der Waals surface area contributed by atoms with Crippen molar-refractivity contribution in [2.24, 2.45) is 0 Å². The van der Waals surface area contributed by atoms with Gasteiger partial charge in [0.2, 0.25) is 5.88 Å². The molecule has 1 rings (SSSR count). The van der Waals surface area contributed by atoms with Crippen LogP contribution in [0, 0.1) is 0 Å². The highest BCUT2D eigenvalue weighted by molar-refractivity contribution is 7.79. The Bertz CT molecular complexity index is 543. The molecule has 0 aliphatic rings. The first-order valence-corrected chi connectivity index (χ1v) is 10.4. The molecule has 0 bridgehead atoms. The molecule has 0 unspecified atom stereocenters. The van der Waals surface area contributed by atoms with Crippen LogP contribution in [0.5, 0.6) is 5.88 Å². The number of thiol groups is 1. The van der Waals surface area contributed by atoms with Crippen LogP contribution in [0.15, 0.2) is 42.1 Å². The number of hydrogen-bond acceptors (Lipinski definition) is 5. The summed E-state index contributed by atoms with van der Waals surface area (Å²) in [5.74, 6) is 0.649. The van der Waals surface area contributed by atoms with Gasteiger partial charge < -0.3 is 15.0 Å². The van der Waals surface area contributed by atoms with Gasteiger partial charge in [0.15, 0.2) is 0 Å². The highest BCUT2D eigenvalue weighted by Gasteiger charge is 2.13. The molecule has 6 heteroatoms. The lowest BCUT2D eigenvalue weighted by atomic mass is 10.2. The van der Waals surface area contributed by atoms with Gasteiger partial charge in [0.1, 0.15) is 0 Å². The number of nitrogens with zero attached hydrogens (tertiary/aromatic N) is 2. The molecule has 0 radical (unpaired) electrons. The molecule has 5 nitrogen and oxygen atoms in total. The molecule has 0 spiro atoms. The number of allylic oxidation sites excluding steroid dienone is 2. The summed E-state index contributed by atoms with van der Waals surface area (Å²) in [7, 11) is 1.59. The third-order valence-electron chi connectivity index (χ3n) is 3.42. The minimum Gasteiger partial charge on any atom is -0.481 e. The molecule has 0 atom stereocenters. The molecule has 0 saturated heterocycles. The van der Waals surface area contributed by atoms with Crippen LogP contribution < -0.4 is 10.1 Å². The van der Waals surface area contributed by atoms with Gasteiger partial charge in [-0.05, 0) is 32.6 Å². The van der Waals surface area contributed by atoms with E-state index >= 15 is 0 Å². The smallest absolute Gasteiger partial charge is 0.253 e. The fourth-order valence-electron chi connectivity index (χ4n) is 2.06. The quantitative estimate of drug-likeness (QED) is 0.357. The van der Waals surface area contributed by atoms with Crippen molar-refractivity contribution in [2.45, 2.75) is 41.0 Å². The highest BCUT2D eigenvalue weighted by atomic mass is 32.1. The van der Waals surface area contributed by atoms with Crippen molar-refractivity contribution in [1.29, 1.82) is 0 Å². The van der Waals surface area contributed by atoms with Crippen molar-refractivity contribution in [2.75, 3.05) is 38.3 Å². The van der Waals surface area contributed by atoms with Gasteiger partial charge >= 0.3 is 0 Å². The molecule has 1 amide bonds. The number of carbonyl (C=O) groups excluding carboxylic acids is 1. The highest BCUT2D eigenvalue weighted by Crippen LogP contribution is 2.11. The summed E-state index contributed by atoms with van der Waals surface area (Å²) in [6.07, 6.45) is 10.1. The van der Waals surface area contributed by atoms with E-state index in [4.69, 9.17) is 4.74 Å². The molecular weight excluding hydrogens is 358 g/mol. The first-order chi connectivity index (χ1) is 13.2. The number of methoxy groups -OCH3 is 1. The fraction of sp³-hybridized carbons (Fsp3) is 0.524. The van der Waals surface area contributed by atoms with E-state index in [1.165, 1.54) is 0 Å². The van der Waals surface area contributed by atoms with Gasteiger partial charge in [0, 0.05) is 31.3 Å². The van der Waals surface area contributed by atoms with Crippen LogP contribution >= 0.6 is 12.6 Å². The fourth-order valence-corrected chi connectivity index (χ4v) is 2.06. The normalized spacial score (nSPS) is 10.3. The molecular formula is C21H37N3O2S. The van der Waals surface area contributed by atoms with E-state index in [-0.39, 0.29) is 5.91 Å². The molecule has 27 heavy (non-hydrogen) atoms. The Labute approximate surface area is 171 Å². The number of likely N-dealkylation sites (N-methyl/N-ethyl adjacent to an activating group) is 1. The summed E-state index contributed by atoms with van der Waals surface area (Å²) in [6.45, 7) is 11.9. The zero-order valence-corrected chi connectivity index (χ0v) is 18.8. The molecule has 0 aliphatic heterocycles.